The van der Waals surface area contributed by atoms with Crippen LogP contribution in [0.3, 0.4) is 0 Å². The lowest BCUT2D eigenvalue weighted by Gasteiger charge is -2.40. The minimum atomic E-state index is -4.48. The van der Waals surface area contributed by atoms with Gasteiger partial charge in [0.05, 0.1) is 31.1 Å². The molecule has 1 fully saturated rings. The molecule has 4 heterocycles. The fourth-order valence-electron chi connectivity index (χ4n) is 3.82. The Balaban J connectivity index is 1.86. The molecule has 10 heteroatoms. The Bertz CT molecular complexity index is 944. The Morgan fingerprint density at radius 2 is 2.03 bits per heavy atom. The van der Waals surface area contributed by atoms with Crippen molar-refractivity contribution in [3.63, 3.8) is 0 Å². The standard InChI is InChI=1S/C19H22F3N5O2/c1-12-3-4-14(10-23-12)27-15(19(20,21)22)5-6-26-17(28)9-16(24-18(26)27)25-7-8-29-11-13(25)2/h3-4,9-10,13,15H,5-8,11H2,1-2H3/t13-,15?/m1/s1. The van der Waals surface area contributed by atoms with Crippen molar-refractivity contribution in [2.24, 2.45) is 0 Å². The fraction of sp³-hybridized carbons (Fsp3) is 0.526. The predicted molar refractivity (Wildman–Crippen MR) is 102 cm³/mol. The van der Waals surface area contributed by atoms with Crippen molar-refractivity contribution in [1.29, 1.82) is 0 Å². The maximum absolute atomic E-state index is 13.9. The number of anilines is 3. The van der Waals surface area contributed by atoms with Gasteiger partial charge >= 0.3 is 6.18 Å². The maximum Gasteiger partial charge on any atom is 0.409 e. The van der Waals surface area contributed by atoms with Crippen molar-refractivity contribution < 1.29 is 17.9 Å². The second kappa shape index (κ2) is 7.33. The summed E-state index contributed by atoms with van der Waals surface area (Å²) in [4.78, 5) is 24.4. The Hall–Kier alpha value is -2.62. The van der Waals surface area contributed by atoms with Crippen molar-refractivity contribution in [2.75, 3.05) is 29.6 Å². The highest BCUT2D eigenvalue weighted by Crippen LogP contribution is 2.39. The highest BCUT2D eigenvalue weighted by atomic mass is 19.4. The highest BCUT2D eigenvalue weighted by molar-refractivity contribution is 5.61. The van der Waals surface area contributed by atoms with Gasteiger partial charge in [0.2, 0.25) is 5.95 Å². The summed E-state index contributed by atoms with van der Waals surface area (Å²) in [7, 11) is 0. The SMILES string of the molecule is Cc1ccc(N2c3nc(N4CCOC[C@H]4C)cc(=O)n3CCC2C(F)(F)F)cn1. The molecule has 0 aliphatic carbocycles. The molecule has 7 nitrogen and oxygen atoms in total. The molecule has 2 aromatic heterocycles. The first kappa shape index (κ1) is 19.7. The lowest BCUT2D eigenvalue weighted by atomic mass is 10.1. The summed E-state index contributed by atoms with van der Waals surface area (Å²) in [5, 5.41) is 0. The summed E-state index contributed by atoms with van der Waals surface area (Å²) in [6, 6.07) is 2.80. The molecule has 156 valence electrons. The number of morpholine rings is 1. The summed E-state index contributed by atoms with van der Waals surface area (Å²) in [5.74, 6) is 0.357. The van der Waals surface area contributed by atoms with Gasteiger partial charge in [0.25, 0.3) is 5.56 Å². The van der Waals surface area contributed by atoms with Gasteiger partial charge < -0.3 is 9.64 Å². The minimum absolute atomic E-state index is 0.00887. The molecular formula is C19H22F3N5O2. The summed E-state index contributed by atoms with van der Waals surface area (Å²) in [5.41, 5.74) is 0.579. The molecule has 0 saturated carbocycles. The molecule has 0 bridgehead atoms. The number of aryl methyl sites for hydroxylation is 1. The Morgan fingerprint density at radius 1 is 1.24 bits per heavy atom. The number of hydrogen-bond donors (Lipinski definition) is 0. The zero-order valence-electron chi connectivity index (χ0n) is 16.2. The Kier molecular flexibility index (Phi) is 4.97. The number of aromatic nitrogens is 3. The normalized spacial score (nSPS) is 22.5. The molecule has 2 aliphatic heterocycles. The topological polar surface area (TPSA) is 63.5 Å². The van der Waals surface area contributed by atoms with Crippen LogP contribution in [-0.2, 0) is 11.3 Å². The second-order valence-electron chi connectivity index (χ2n) is 7.40. The molecule has 1 unspecified atom stereocenters. The zero-order valence-corrected chi connectivity index (χ0v) is 16.2. The number of halogens is 3. The molecule has 0 amide bonds. The van der Waals surface area contributed by atoms with E-state index in [1.165, 1.54) is 16.8 Å². The average Bonchev–Trinajstić information content (AvgIpc) is 2.67. The molecule has 29 heavy (non-hydrogen) atoms. The maximum atomic E-state index is 13.9. The number of ether oxygens (including phenoxy) is 1. The molecule has 0 N–H and O–H groups in total. The first-order valence-electron chi connectivity index (χ1n) is 9.50. The molecule has 4 rings (SSSR count). The third-order valence-electron chi connectivity index (χ3n) is 5.34. The van der Waals surface area contributed by atoms with E-state index in [0.717, 1.165) is 4.90 Å². The van der Waals surface area contributed by atoms with E-state index in [2.05, 4.69) is 9.97 Å². The Morgan fingerprint density at radius 3 is 2.69 bits per heavy atom. The van der Waals surface area contributed by atoms with Crippen LogP contribution in [-0.4, -0.2) is 52.6 Å². The molecule has 2 atom stereocenters. The summed E-state index contributed by atoms with van der Waals surface area (Å²) >= 11 is 0. The monoisotopic (exact) mass is 409 g/mol. The zero-order chi connectivity index (χ0) is 20.8. The summed E-state index contributed by atoms with van der Waals surface area (Å²) in [6.07, 6.45) is -3.32. The van der Waals surface area contributed by atoms with E-state index in [4.69, 9.17) is 4.74 Å². The van der Waals surface area contributed by atoms with E-state index in [9.17, 15) is 18.0 Å². The van der Waals surface area contributed by atoms with Crippen LogP contribution in [0, 0.1) is 6.92 Å². The van der Waals surface area contributed by atoms with Gasteiger partial charge in [-0.3, -0.25) is 19.2 Å². The third kappa shape index (κ3) is 3.68. The van der Waals surface area contributed by atoms with Crippen molar-refractivity contribution >= 4 is 17.5 Å². The van der Waals surface area contributed by atoms with E-state index in [-0.39, 0.29) is 36.2 Å². The lowest BCUT2D eigenvalue weighted by Crippen LogP contribution is -2.51. The lowest BCUT2D eigenvalue weighted by molar-refractivity contribution is -0.150. The van der Waals surface area contributed by atoms with Crippen LogP contribution in [0.5, 0.6) is 0 Å². The van der Waals surface area contributed by atoms with Gasteiger partial charge in [-0.15, -0.1) is 0 Å². The predicted octanol–water partition coefficient (Wildman–Crippen LogP) is 2.64. The number of pyridine rings is 1. The molecule has 0 radical (unpaired) electrons. The average molecular weight is 409 g/mol. The largest absolute Gasteiger partial charge is 0.409 e. The smallest absolute Gasteiger partial charge is 0.377 e. The second-order valence-corrected chi connectivity index (χ2v) is 7.40. The molecular weight excluding hydrogens is 387 g/mol. The molecule has 2 aromatic rings. The van der Waals surface area contributed by atoms with E-state index in [1.807, 2.05) is 11.8 Å². The number of rotatable bonds is 2. The van der Waals surface area contributed by atoms with Crippen LogP contribution in [0.15, 0.2) is 29.2 Å². The first-order chi connectivity index (χ1) is 13.8. The van der Waals surface area contributed by atoms with Crippen molar-refractivity contribution in [3.05, 3.63) is 40.4 Å². The minimum Gasteiger partial charge on any atom is -0.377 e. The first-order valence-corrected chi connectivity index (χ1v) is 9.50. The quantitative estimate of drug-likeness (QED) is 0.760. The van der Waals surface area contributed by atoms with Gasteiger partial charge in [0.1, 0.15) is 11.9 Å². The van der Waals surface area contributed by atoms with Gasteiger partial charge in [-0.05, 0) is 32.4 Å². The molecule has 2 aliphatic rings. The van der Waals surface area contributed by atoms with E-state index in [0.29, 0.717) is 31.3 Å². The van der Waals surface area contributed by atoms with Crippen LogP contribution in [0.2, 0.25) is 0 Å². The van der Waals surface area contributed by atoms with E-state index in [1.54, 1.807) is 19.1 Å². The van der Waals surface area contributed by atoms with Crippen LogP contribution >= 0.6 is 0 Å². The van der Waals surface area contributed by atoms with Gasteiger partial charge in [-0.2, -0.15) is 18.2 Å². The van der Waals surface area contributed by atoms with Crippen molar-refractivity contribution in [1.82, 2.24) is 14.5 Å². The third-order valence-corrected chi connectivity index (χ3v) is 5.34. The molecule has 0 aromatic carbocycles. The van der Waals surface area contributed by atoms with E-state index < -0.39 is 12.2 Å². The van der Waals surface area contributed by atoms with Gasteiger partial charge in [0.15, 0.2) is 0 Å². The number of hydrogen-bond acceptors (Lipinski definition) is 6. The van der Waals surface area contributed by atoms with Gasteiger partial charge in [-0.25, -0.2) is 0 Å². The van der Waals surface area contributed by atoms with Crippen molar-refractivity contribution in [3.8, 4) is 0 Å². The Labute approximate surface area is 165 Å². The van der Waals surface area contributed by atoms with Crippen LogP contribution in [0.4, 0.5) is 30.6 Å². The molecule has 1 saturated heterocycles. The number of alkyl halides is 3. The number of fused-ring (bicyclic) bond motifs is 1. The van der Waals surface area contributed by atoms with E-state index >= 15 is 0 Å². The van der Waals surface area contributed by atoms with Crippen LogP contribution in [0.1, 0.15) is 19.0 Å². The van der Waals surface area contributed by atoms with Crippen LogP contribution in [0.25, 0.3) is 0 Å². The van der Waals surface area contributed by atoms with Gasteiger partial charge in [-0.1, -0.05) is 0 Å². The summed E-state index contributed by atoms with van der Waals surface area (Å²) in [6.45, 7) is 5.11. The summed E-state index contributed by atoms with van der Waals surface area (Å²) < 4.78 is 48.3. The van der Waals surface area contributed by atoms with Crippen LogP contribution < -0.4 is 15.4 Å². The van der Waals surface area contributed by atoms with Gasteiger partial charge in [0, 0.05) is 24.8 Å². The van der Waals surface area contributed by atoms with Crippen molar-refractivity contribution in [2.45, 2.75) is 45.1 Å². The highest BCUT2D eigenvalue weighted by Gasteiger charge is 2.47. The molecule has 0 spiro atoms. The number of nitrogens with zero attached hydrogens (tertiary/aromatic N) is 5. The fourth-order valence-corrected chi connectivity index (χ4v) is 3.82.